The Bertz CT molecular complexity index is 1050. The number of nitrogens with zero attached hydrogens (tertiary/aromatic N) is 3. The van der Waals surface area contributed by atoms with Crippen LogP contribution in [0.4, 0.5) is 0 Å². The molecule has 0 spiro atoms. The van der Waals surface area contributed by atoms with E-state index in [-0.39, 0.29) is 24.2 Å². The largest absolute Gasteiger partial charge is 0.451 e. The number of piperazine rings is 1. The van der Waals surface area contributed by atoms with Gasteiger partial charge in [0.05, 0.1) is 6.04 Å². The maximum Gasteiger partial charge on any atom is 0.357 e. The topological polar surface area (TPSA) is 62.7 Å². The van der Waals surface area contributed by atoms with Crippen molar-refractivity contribution in [2.24, 2.45) is 0 Å². The number of benzene rings is 2. The summed E-state index contributed by atoms with van der Waals surface area (Å²) in [6, 6.07) is 22.9. The molecule has 1 saturated heterocycles. The number of hydrogen-bond donors (Lipinski definition) is 0. The van der Waals surface area contributed by atoms with Crippen molar-refractivity contribution in [2.75, 3.05) is 32.8 Å². The first-order valence-electron chi connectivity index (χ1n) is 11.2. The first-order valence-corrected chi connectivity index (χ1v) is 11.2. The van der Waals surface area contributed by atoms with Gasteiger partial charge in [0, 0.05) is 32.4 Å². The van der Waals surface area contributed by atoms with E-state index in [2.05, 4.69) is 58.4 Å². The highest BCUT2D eigenvalue weighted by Gasteiger charge is 2.28. The lowest BCUT2D eigenvalue weighted by Crippen LogP contribution is -2.50. The summed E-state index contributed by atoms with van der Waals surface area (Å²) in [5.74, 6) is -0.739. The van der Waals surface area contributed by atoms with Crippen molar-refractivity contribution in [3.8, 4) is 0 Å². The second-order valence-corrected chi connectivity index (χ2v) is 8.39. The Labute approximate surface area is 194 Å². The third kappa shape index (κ3) is 5.46. The molecule has 170 valence electrons. The molecule has 0 bridgehead atoms. The predicted octanol–water partition coefficient (Wildman–Crippen LogP) is 3.79. The number of pyridine rings is 1. The van der Waals surface area contributed by atoms with Gasteiger partial charge >= 0.3 is 5.97 Å². The summed E-state index contributed by atoms with van der Waals surface area (Å²) in [6.45, 7) is 6.13. The molecular weight excluding hydrogens is 414 g/mol. The summed E-state index contributed by atoms with van der Waals surface area (Å²) in [7, 11) is 0. The van der Waals surface area contributed by atoms with E-state index in [1.165, 1.54) is 11.1 Å². The van der Waals surface area contributed by atoms with Crippen molar-refractivity contribution in [2.45, 2.75) is 19.9 Å². The first-order chi connectivity index (χ1) is 16.0. The molecule has 1 aliphatic heterocycles. The molecule has 0 saturated carbocycles. The van der Waals surface area contributed by atoms with Crippen LogP contribution in [-0.2, 0) is 9.53 Å². The molecule has 0 N–H and O–H groups in total. The number of carbonyl (C=O) groups is 2. The van der Waals surface area contributed by atoms with Crippen LogP contribution in [0.5, 0.6) is 0 Å². The van der Waals surface area contributed by atoms with Gasteiger partial charge in [-0.05, 0) is 36.1 Å². The normalized spacial score (nSPS) is 14.3. The first kappa shape index (κ1) is 22.7. The quantitative estimate of drug-likeness (QED) is 0.543. The van der Waals surface area contributed by atoms with Gasteiger partial charge in [0.1, 0.15) is 0 Å². The van der Waals surface area contributed by atoms with Crippen LogP contribution in [0, 0.1) is 13.8 Å². The lowest BCUT2D eigenvalue weighted by Gasteiger charge is -2.39. The lowest BCUT2D eigenvalue weighted by atomic mass is 9.96. The summed E-state index contributed by atoms with van der Waals surface area (Å²) in [5, 5.41) is 0. The van der Waals surface area contributed by atoms with Gasteiger partial charge in [-0.15, -0.1) is 0 Å². The number of carbonyl (C=O) groups excluding carboxylic acids is 2. The number of rotatable bonds is 6. The molecule has 0 radical (unpaired) electrons. The van der Waals surface area contributed by atoms with Crippen LogP contribution in [-0.4, -0.2) is 59.4 Å². The van der Waals surface area contributed by atoms with E-state index in [4.69, 9.17) is 4.74 Å². The molecule has 6 nitrogen and oxygen atoms in total. The number of amides is 1. The predicted molar refractivity (Wildman–Crippen MR) is 127 cm³/mol. The molecule has 4 rings (SSSR count). The van der Waals surface area contributed by atoms with E-state index in [0.717, 1.165) is 24.2 Å². The zero-order valence-electron chi connectivity index (χ0n) is 19.1. The maximum absolute atomic E-state index is 12.7. The summed E-state index contributed by atoms with van der Waals surface area (Å²) >= 11 is 0. The van der Waals surface area contributed by atoms with Crippen molar-refractivity contribution in [3.63, 3.8) is 0 Å². The van der Waals surface area contributed by atoms with Gasteiger partial charge in [0.25, 0.3) is 5.91 Å². The minimum absolute atomic E-state index is 0.137. The molecule has 3 aromatic rings. The summed E-state index contributed by atoms with van der Waals surface area (Å²) in [5.41, 5.74) is 4.44. The molecule has 1 amide bonds. The van der Waals surface area contributed by atoms with Gasteiger partial charge in [-0.2, -0.15) is 0 Å². The zero-order valence-corrected chi connectivity index (χ0v) is 19.1. The van der Waals surface area contributed by atoms with Crippen molar-refractivity contribution < 1.29 is 14.3 Å². The Morgan fingerprint density at radius 3 is 2.03 bits per heavy atom. The van der Waals surface area contributed by atoms with Crippen LogP contribution in [0.15, 0.2) is 72.9 Å². The highest BCUT2D eigenvalue weighted by molar-refractivity contribution is 5.90. The Morgan fingerprint density at radius 2 is 1.48 bits per heavy atom. The van der Waals surface area contributed by atoms with Gasteiger partial charge in [0.2, 0.25) is 0 Å². The van der Waals surface area contributed by atoms with Crippen molar-refractivity contribution in [1.29, 1.82) is 0 Å². The fourth-order valence-corrected chi connectivity index (χ4v) is 4.33. The van der Waals surface area contributed by atoms with Crippen LogP contribution in [0.2, 0.25) is 0 Å². The summed E-state index contributed by atoms with van der Waals surface area (Å²) < 4.78 is 5.27. The summed E-state index contributed by atoms with van der Waals surface area (Å²) in [4.78, 5) is 33.4. The third-order valence-electron chi connectivity index (χ3n) is 6.00. The SMILES string of the molecule is Cc1cnc(C(=O)OCC(=O)N2CCN(C(c3ccccc3)c3ccccc3)CC2)c(C)c1. The van der Waals surface area contributed by atoms with Crippen LogP contribution >= 0.6 is 0 Å². The second kappa shape index (κ2) is 10.4. The Hall–Kier alpha value is -3.51. The number of aryl methyl sites for hydroxylation is 2. The van der Waals surface area contributed by atoms with E-state index in [9.17, 15) is 9.59 Å². The molecule has 1 aromatic heterocycles. The summed E-state index contributed by atoms with van der Waals surface area (Å²) in [6.07, 6.45) is 1.63. The van der Waals surface area contributed by atoms with Gasteiger partial charge in [0.15, 0.2) is 12.3 Å². The number of hydrogen-bond acceptors (Lipinski definition) is 5. The van der Waals surface area contributed by atoms with Gasteiger partial charge in [-0.25, -0.2) is 9.78 Å². The molecule has 2 heterocycles. The van der Waals surface area contributed by atoms with Gasteiger partial charge < -0.3 is 9.64 Å². The minimum Gasteiger partial charge on any atom is -0.451 e. The number of aromatic nitrogens is 1. The number of ether oxygens (including phenoxy) is 1. The van der Waals surface area contributed by atoms with Crippen molar-refractivity contribution in [3.05, 3.63) is 101 Å². The average Bonchev–Trinajstić information content (AvgIpc) is 2.84. The molecule has 1 fully saturated rings. The monoisotopic (exact) mass is 443 g/mol. The van der Waals surface area contributed by atoms with Crippen LogP contribution in [0.1, 0.15) is 38.8 Å². The fourth-order valence-electron chi connectivity index (χ4n) is 4.33. The Balaban J connectivity index is 1.36. The van der Waals surface area contributed by atoms with Gasteiger partial charge in [-0.1, -0.05) is 66.7 Å². The van der Waals surface area contributed by atoms with Crippen LogP contribution in [0.25, 0.3) is 0 Å². The second-order valence-electron chi connectivity index (χ2n) is 8.39. The molecule has 0 atom stereocenters. The van der Waals surface area contributed by atoms with E-state index in [0.29, 0.717) is 13.1 Å². The van der Waals surface area contributed by atoms with E-state index < -0.39 is 5.97 Å². The average molecular weight is 444 g/mol. The van der Waals surface area contributed by atoms with Crippen molar-refractivity contribution >= 4 is 11.9 Å². The standard InChI is InChI=1S/C27H29N3O3/c1-20-17-21(2)25(28-18-20)27(32)33-19-24(31)29-13-15-30(16-14-29)26(22-9-5-3-6-10-22)23-11-7-4-8-12-23/h3-12,17-18,26H,13-16,19H2,1-2H3. The van der Waals surface area contributed by atoms with E-state index in [1.807, 2.05) is 32.0 Å². The molecular formula is C27H29N3O3. The third-order valence-corrected chi connectivity index (χ3v) is 6.00. The van der Waals surface area contributed by atoms with Crippen molar-refractivity contribution in [1.82, 2.24) is 14.8 Å². The molecule has 6 heteroatoms. The van der Waals surface area contributed by atoms with E-state index in [1.54, 1.807) is 11.1 Å². The molecule has 0 unspecified atom stereocenters. The lowest BCUT2D eigenvalue weighted by molar-refractivity contribution is -0.136. The number of esters is 1. The van der Waals surface area contributed by atoms with Crippen LogP contribution < -0.4 is 0 Å². The highest BCUT2D eigenvalue weighted by Crippen LogP contribution is 2.29. The van der Waals surface area contributed by atoms with Gasteiger partial charge in [-0.3, -0.25) is 9.69 Å². The molecule has 33 heavy (non-hydrogen) atoms. The Kier molecular flexibility index (Phi) is 7.15. The van der Waals surface area contributed by atoms with Crippen LogP contribution in [0.3, 0.4) is 0 Å². The maximum atomic E-state index is 12.7. The zero-order chi connectivity index (χ0) is 23.2. The molecule has 0 aliphatic carbocycles. The minimum atomic E-state index is -0.562. The Morgan fingerprint density at radius 1 is 0.909 bits per heavy atom. The van der Waals surface area contributed by atoms with E-state index >= 15 is 0 Å². The molecule has 2 aromatic carbocycles. The fraction of sp³-hybridized carbons (Fsp3) is 0.296. The smallest absolute Gasteiger partial charge is 0.357 e. The highest BCUT2D eigenvalue weighted by atomic mass is 16.5. The molecule has 1 aliphatic rings.